The Morgan fingerprint density at radius 3 is 2.88 bits per heavy atom. The molecule has 138 valence electrons. The summed E-state index contributed by atoms with van der Waals surface area (Å²) in [6, 6.07) is 0. The van der Waals surface area contributed by atoms with E-state index in [-0.39, 0.29) is 0 Å². The molecule has 1 fully saturated rings. The first-order valence-corrected chi connectivity index (χ1v) is 8.46. The molecule has 0 aromatic carbocycles. The Bertz CT molecular complexity index is 1010. The Morgan fingerprint density at radius 1 is 1.50 bits per heavy atom. The van der Waals surface area contributed by atoms with E-state index in [1.807, 2.05) is 6.92 Å². The Hall–Kier alpha value is -2.11. The number of thiocarbonyl (C=S) groups is 1. The zero-order valence-corrected chi connectivity index (χ0v) is 14.9. The van der Waals surface area contributed by atoms with Gasteiger partial charge in [-0.25, -0.2) is 4.79 Å². The lowest BCUT2D eigenvalue weighted by atomic mass is 9.96. The van der Waals surface area contributed by atoms with Crippen LogP contribution in [0.4, 0.5) is 5.82 Å². The SMILES string of the molecule is CC1=CC(=S)Nc2nc(=O)[nH]c3c2c1cn3C1O[C@H](CO)[C@@H](O)C1(C)O. The van der Waals surface area contributed by atoms with E-state index in [9.17, 15) is 20.1 Å². The fourth-order valence-corrected chi connectivity index (χ4v) is 3.84. The van der Waals surface area contributed by atoms with Gasteiger partial charge in [-0.3, -0.25) is 4.98 Å². The molecule has 4 heterocycles. The third kappa shape index (κ3) is 2.34. The summed E-state index contributed by atoms with van der Waals surface area (Å²) in [7, 11) is 0. The van der Waals surface area contributed by atoms with Gasteiger partial charge < -0.3 is 29.9 Å². The third-order valence-corrected chi connectivity index (χ3v) is 5.13. The summed E-state index contributed by atoms with van der Waals surface area (Å²) in [6.45, 7) is 2.84. The van der Waals surface area contributed by atoms with Gasteiger partial charge in [-0.15, -0.1) is 0 Å². The van der Waals surface area contributed by atoms with Crippen molar-refractivity contribution in [2.45, 2.75) is 37.9 Å². The van der Waals surface area contributed by atoms with Gasteiger partial charge in [0.2, 0.25) is 0 Å². The highest BCUT2D eigenvalue weighted by Gasteiger charge is 2.53. The monoisotopic (exact) mass is 378 g/mol. The summed E-state index contributed by atoms with van der Waals surface area (Å²) in [5, 5.41) is 34.0. The average Bonchev–Trinajstić information content (AvgIpc) is 2.99. The molecule has 26 heavy (non-hydrogen) atoms. The molecule has 4 rings (SSSR count). The highest BCUT2D eigenvalue weighted by Crippen LogP contribution is 2.42. The van der Waals surface area contributed by atoms with Crippen LogP contribution in [0.15, 0.2) is 17.1 Å². The van der Waals surface area contributed by atoms with E-state index in [1.54, 1.807) is 16.8 Å². The van der Waals surface area contributed by atoms with Crippen LogP contribution in [0.5, 0.6) is 0 Å². The summed E-state index contributed by atoms with van der Waals surface area (Å²) < 4.78 is 7.23. The topological polar surface area (TPSA) is 133 Å². The number of hydrogen-bond donors (Lipinski definition) is 5. The van der Waals surface area contributed by atoms with Gasteiger partial charge >= 0.3 is 5.69 Å². The summed E-state index contributed by atoms with van der Waals surface area (Å²) in [4.78, 5) is 19.1. The number of aromatic amines is 1. The summed E-state index contributed by atoms with van der Waals surface area (Å²) in [6.07, 6.45) is 0.204. The molecule has 0 spiro atoms. The van der Waals surface area contributed by atoms with E-state index < -0.39 is 36.3 Å². The van der Waals surface area contributed by atoms with Crippen molar-refractivity contribution in [3.8, 4) is 0 Å². The minimum atomic E-state index is -1.68. The first-order valence-electron chi connectivity index (χ1n) is 8.05. The second-order valence-corrected chi connectivity index (χ2v) is 7.20. The van der Waals surface area contributed by atoms with Crippen molar-refractivity contribution in [3.63, 3.8) is 0 Å². The van der Waals surface area contributed by atoms with Crippen molar-refractivity contribution in [2.24, 2.45) is 0 Å². The molecule has 2 aromatic rings. The fourth-order valence-electron chi connectivity index (χ4n) is 3.57. The van der Waals surface area contributed by atoms with Gasteiger partial charge in [-0.1, -0.05) is 12.2 Å². The van der Waals surface area contributed by atoms with Gasteiger partial charge in [0, 0.05) is 11.8 Å². The van der Waals surface area contributed by atoms with Crippen LogP contribution < -0.4 is 11.0 Å². The number of aliphatic hydroxyl groups excluding tert-OH is 2. The van der Waals surface area contributed by atoms with Crippen LogP contribution >= 0.6 is 12.2 Å². The molecule has 0 bridgehead atoms. The second kappa shape index (κ2) is 5.69. The first-order chi connectivity index (χ1) is 12.2. The zero-order chi connectivity index (χ0) is 18.8. The van der Waals surface area contributed by atoms with Gasteiger partial charge in [0.25, 0.3) is 0 Å². The van der Waals surface area contributed by atoms with E-state index in [1.165, 1.54) is 6.92 Å². The summed E-state index contributed by atoms with van der Waals surface area (Å²) in [5.41, 5.74) is -0.300. The lowest BCUT2D eigenvalue weighted by molar-refractivity contribution is -0.0948. The number of H-pyrrole nitrogens is 1. The molecule has 2 aromatic heterocycles. The first kappa shape index (κ1) is 17.3. The maximum absolute atomic E-state index is 12.0. The number of nitrogens with one attached hydrogen (secondary N) is 2. The lowest BCUT2D eigenvalue weighted by Crippen LogP contribution is -2.44. The van der Waals surface area contributed by atoms with E-state index in [2.05, 4.69) is 15.3 Å². The predicted molar refractivity (Wildman–Crippen MR) is 97.9 cm³/mol. The standard InChI is InChI=1S/C16H18N4O5S/c1-6-3-9(26)17-12-10-7(6)4-20(13(10)19-15(23)18-12)14-16(2,24)11(22)8(5-21)25-14/h3-4,8,11,14,21-22,24H,5H2,1-2H3,(H2,17,18,19,23,26)/t8-,11-,14?,16?/m1/s1. The van der Waals surface area contributed by atoms with Crippen molar-refractivity contribution in [1.29, 1.82) is 0 Å². The molecule has 4 atom stereocenters. The number of aliphatic hydroxyl groups is 3. The van der Waals surface area contributed by atoms with E-state index in [0.717, 1.165) is 11.1 Å². The molecule has 2 aliphatic heterocycles. The number of anilines is 1. The highest BCUT2D eigenvalue weighted by atomic mass is 32.1. The molecule has 1 saturated heterocycles. The van der Waals surface area contributed by atoms with Crippen molar-refractivity contribution in [3.05, 3.63) is 28.3 Å². The van der Waals surface area contributed by atoms with Crippen LogP contribution in [-0.2, 0) is 4.74 Å². The van der Waals surface area contributed by atoms with Gasteiger partial charge in [-0.05, 0) is 25.5 Å². The van der Waals surface area contributed by atoms with Crippen molar-refractivity contribution in [2.75, 3.05) is 11.9 Å². The van der Waals surface area contributed by atoms with E-state index in [4.69, 9.17) is 17.0 Å². The highest BCUT2D eigenvalue weighted by molar-refractivity contribution is 7.81. The smallest absolute Gasteiger partial charge is 0.348 e. The Labute approximate surface area is 152 Å². The van der Waals surface area contributed by atoms with Crippen molar-refractivity contribution in [1.82, 2.24) is 14.5 Å². The molecule has 10 heteroatoms. The number of ether oxygens (including phenoxy) is 1. The van der Waals surface area contributed by atoms with Gasteiger partial charge in [-0.2, -0.15) is 4.98 Å². The van der Waals surface area contributed by atoms with Crippen LogP contribution in [0.1, 0.15) is 25.6 Å². The quantitative estimate of drug-likeness (QED) is 0.457. The predicted octanol–water partition coefficient (Wildman–Crippen LogP) is -0.118. The van der Waals surface area contributed by atoms with Crippen LogP contribution in [0.25, 0.3) is 16.6 Å². The Balaban J connectivity index is 1.99. The number of allylic oxidation sites excluding steroid dienone is 1. The van der Waals surface area contributed by atoms with Crippen LogP contribution in [0.3, 0.4) is 0 Å². The molecule has 2 unspecified atom stereocenters. The Kier molecular flexibility index (Phi) is 3.79. The molecular formula is C16H18N4O5S. The maximum atomic E-state index is 12.0. The summed E-state index contributed by atoms with van der Waals surface area (Å²) >= 11 is 5.22. The average molecular weight is 378 g/mol. The minimum Gasteiger partial charge on any atom is -0.394 e. The molecule has 2 aliphatic rings. The number of rotatable bonds is 2. The molecule has 5 N–H and O–H groups in total. The number of aromatic nitrogens is 3. The van der Waals surface area contributed by atoms with Crippen molar-refractivity contribution >= 4 is 39.6 Å². The molecule has 9 nitrogen and oxygen atoms in total. The van der Waals surface area contributed by atoms with Crippen LogP contribution in [-0.4, -0.2) is 59.3 Å². The van der Waals surface area contributed by atoms with Crippen LogP contribution in [0, 0.1) is 0 Å². The normalized spacial score (nSPS) is 31.0. The molecule has 0 radical (unpaired) electrons. The van der Waals surface area contributed by atoms with E-state index in [0.29, 0.717) is 21.8 Å². The lowest BCUT2D eigenvalue weighted by Gasteiger charge is -2.27. The largest absolute Gasteiger partial charge is 0.394 e. The Morgan fingerprint density at radius 2 is 2.23 bits per heavy atom. The number of hydrogen-bond acceptors (Lipinski definition) is 7. The number of nitrogens with zero attached hydrogens (tertiary/aromatic N) is 2. The summed E-state index contributed by atoms with van der Waals surface area (Å²) in [5.74, 6) is 0.312. The van der Waals surface area contributed by atoms with Gasteiger partial charge in [0.1, 0.15) is 34.3 Å². The zero-order valence-electron chi connectivity index (χ0n) is 14.1. The molecule has 0 saturated carbocycles. The van der Waals surface area contributed by atoms with Gasteiger partial charge in [0.15, 0.2) is 6.23 Å². The van der Waals surface area contributed by atoms with Crippen LogP contribution in [0.2, 0.25) is 0 Å². The van der Waals surface area contributed by atoms with Gasteiger partial charge in [0.05, 0.1) is 12.0 Å². The third-order valence-electron chi connectivity index (χ3n) is 4.91. The minimum absolute atomic E-state index is 0.312. The van der Waals surface area contributed by atoms with E-state index >= 15 is 0 Å². The molecule has 0 amide bonds. The molecular weight excluding hydrogens is 360 g/mol. The molecule has 0 aliphatic carbocycles. The second-order valence-electron chi connectivity index (χ2n) is 6.76. The van der Waals surface area contributed by atoms with Crippen molar-refractivity contribution < 1.29 is 20.1 Å². The fraction of sp³-hybridized carbons (Fsp3) is 0.438. The maximum Gasteiger partial charge on any atom is 0.348 e.